The van der Waals surface area contributed by atoms with Crippen molar-refractivity contribution in [2.24, 2.45) is 16.7 Å². The van der Waals surface area contributed by atoms with Crippen LogP contribution in [-0.2, 0) is 0 Å². The van der Waals surface area contributed by atoms with Gasteiger partial charge in [-0.05, 0) is 75.8 Å². The largest absolute Gasteiger partial charge is 0.303 e. The molecule has 1 saturated carbocycles. The van der Waals surface area contributed by atoms with Crippen molar-refractivity contribution in [1.82, 2.24) is 14.7 Å². The maximum atomic E-state index is 2.81. The average Bonchev–Trinajstić information content (AvgIpc) is 3.15. The summed E-state index contributed by atoms with van der Waals surface area (Å²) in [5, 5.41) is 0. The van der Waals surface area contributed by atoms with Gasteiger partial charge in [0, 0.05) is 44.8 Å². The predicted octanol–water partition coefficient (Wildman–Crippen LogP) is 3.30. The van der Waals surface area contributed by atoms with E-state index in [9.17, 15) is 0 Å². The van der Waals surface area contributed by atoms with Gasteiger partial charge >= 0.3 is 0 Å². The molecule has 1 aliphatic carbocycles. The molecule has 0 aromatic carbocycles. The summed E-state index contributed by atoms with van der Waals surface area (Å²) in [4.78, 5) is 8.21. The Morgan fingerprint density at radius 1 is 0.917 bits per heavy atom. The Labute approximate surface area is 149 Å². The predicted molar refractivity (Wildman–Crippen MR) is 101 cm³/mol. The number of hydrogen-bond acceptors (Lipinski definition) is 3. The zero-order chi connectivity index (χ0) is 16.9. The third-order valence-corrected chi connectivity index (χ3v) is 7.49. The summed E-state index contributed by atoms with van der Waals surface area (Å²) in [7, 11) is 0. The minimum Gasteiger partial charge on any atom is -0.303 e. The standard InChI is InChI=1S/C21H39N3/c1-17(2)11-20(5-6-20)14-22-9-7-21(8-10-22)15-24(16-21)19-12-23(13-19)18(3)4/h17-19H,5-16H2,1-4H3. The maximum absolute atomic E-state index is 2.81. The highest BCUT2D eigenvalue weighted by atomic mass is 15.4. The molecule has 3 heteroatoms. The van der Waals surface area contributed by atoms with Gasteiger partial charge in [-0.25, -0.2) is 0 Å². The highest BCUT2D eigenvalue weighted by Gasteiger charge is 2.50. The molecule has 0 amide bonds. The topological polar surface area (TPSA) is 9.72 Å². The molecular weight excluding hydrogens is 294 g/mol. The number of hydrogen-bond donors (Lipinski definition) is 0. The van der Waals surface area contributed by atoms with E-state index in [1.165, 1.54) is 77.9 Å². The van der Waals surface area contributed by atoms with Crippen LogP contribution in [0.3, 0.4) is 0 Å². The number of likely N-dealkylation sites (tertiary alicyclic amines) is 3. The summed E-state index contributed by atoms with van der Waals surface area (Å²) >= 11 is 0. The van der Waals surface area contributed by atoms with Crippen molar-refractivity contribution in [3.63, 3.8) is 0 Å². The van der Waals surface area contributed by atoms with E-state index in [0.717, 1.165) is 23.4 Å². The Kier molecular flexibility index (Phi) is 4.50. The molecular formula is C21H39N3. The van der Waals surface area contributed by atoms with Gasteiger partial charge < -0.3 is 4.90 Å². The molecule has 4 rings (SSSR count). The van der Waals surface area contributed by atoms with E-state index in [4.69, 9.17) is 0 Å². The van der Waals surface area contributed by atoms with Crippen LogP contribution in [0.2, 0.25) is 0 Å². The van der Waals surface area contributed by atoms with Crippen molar-refractivity contribution in [1.29, 1.82) is 0 Å². The number of nitrogens with zero attached hydrogens (tertiary/aromatic N) is 3. The lowest BCUT2D eigenvalue weighted by Crippen LogP contribution is -2.70. The van der Waals surface area contributed by atoms with Gasteiger partial charge in [-0.3, -0.25) is 9.80 Å². The molecule has 0 radical (unpaired) electrons. The molecule has 4 aliphatic rings. The fourth-order valence-corrected chi connectivity index (χ4v) is 5.66. The smallest absolute Gasteiger partial charge is 0.0351 e. The minimum atomic E-state index is 0.698. The third-order valence-electron chi connectivity index (χ3n) is 7.49. The van der Waals surface area contributed by atoms with Crippen LogP contribution in [0.1, 0.15) is 59.8 Å². The minimum absolute atomic E-state index is 0.698. The summed E-state index contributed by atoms with van der Waals surface area (Å²) in [6.07, 6.45) is 7.36. The lowest BCUT2D eigenvalue weighted by atomic mass is 9.70. The summed E-state index contributed by atoms with van der Waals surface area (Å²) in [6.45, 7) is 19.0. The van der Waals surface area contributed by atoms with Crippen LogP contribution in [-0.4, -0.2) is 72.6 Å². The average molecular weight is 334 g/mol. The first-order chi connectivity index (χ1) is 11.4. The van der Waals surface area contributed by atoms with Crippen LogP contribution in [0.25, 0.3) is 0 Å². The van der Waals surface area contributed by atoms with Gasteiger partial charge in [-0.2, -0.15) is 0 Å². The van der Waals surface area contributed by atoms with Crippen molar-refractivity contribution in [2.45, 2.75) is 71.9 Å². The summed E-state index contributed by atoms with van der Waals surface area (Å²) in [6, 6.07) is 1.61. The molecule has 3 heterocycles. The SMILES string of the molecule is CC(C)CC1(CN2CCC3(CC2)CN(C2CN(C(C)C)C2)C3)CC1. The lowest BCUT2D eigenvalue weighted by molar-refractivity contribution is -0.110. The molecule has 0 unspecified atom stereocenters. The lowest BCUT2D eigenvalue weighted by Gasteiger charge is -2.60. The molecule has 1 spiro atoms. The number of rotatable bonds is 6. The second kappa shape index (κ2) is 6.25. The summed E-state index contributed by atoms with van der Waals surface area (Å²) < 4.78 is 0. The molecule has 0 N–H and O–H groups in total. The maximum Gasteiger partial charge on any atom is 0.0351 e. The monoisotopic (exact) mass is 333 g/mol. The first-order valence-corrected chi connectivity index (χ1v) is 10.6. The molecule has 0 aromatic rings. The van der Waals surface area contributed by atoms with Gasteiger partial charge in [0.1, 0.15) is 0 Å². The first kappa shape index (κ1) is 17.3. The van der Waals surface area contributed by atoms with Crippen LogP contribution in [0.4, 0.5) is 0 Å². The fourth-order valence-electron chi connectivity index (χ4n) is 5.66. The van der Waals surface area contributed by atoms with E-state index < -0.39 is 0 Å². The Morgan fingerprint density at radius 2 is 1.54 bits per heavy atom. The van der Waals surface area contributed by atoms with Crippen molar-refractivity contribution in [3.05, 3.63) is 0 Å². The zero-order valence-electron chi connectivity index (χ0n) is 16.6. The summed E-state index contributed by atoms with van der Waals surface area (Å²) in [5.74, 6) is 0.872. The molecule has 3 nitrogen and oxygen atoms in total. The zero-order valence-corrected chi connectivity index (χ0v) is 16.6. The van der Waals surface area contributed by atoms with Gasteiger partial charge in [0.05, 0.1) is 0 Å². The molecule has 138 valence electrons. The summed E-state index contributed by atoms with van der Waals surface area (Å²) in [5.41, 5.74) is 1.42. The number of piperidine rings is 1. The second-order valence-corrected chi connectivity index (χ2v) is 10.5. The van der Waals surface area contributed by atoms with Crippen LogP contribution >= 0.6 is 0 Å². The Balaban J connectivity index is 1.18. The molecule has 0 aromatic heterocycles. The molecule has 0 bridgehead atoms. The normalized spacial score (nSPS) is 30.8. The fraction of sp³-hybridized carbons (Fsp3) is 1.00. The van der Waals surface area contributed by atoms with Gasteiger partial charge in [-0.15, -0.1) is 0 Å². The quantitative estimate of drug-likeness (QED) is 0.738. The van der Waals surface area contributed by atoms with Crippen molar-refractivity contribution in [3.8, 4) is 0 Å². The van der Waals surface area contributed by atoms with E-state index in [2.05, 4.69) is 42.4 Å². The van der Waals surface area contributed by atoms with Crippen LogP contribution in [0.15, 0.2) is 0 Å². The second-order valence-electron chi connectivity index (χ2n) is 10.5. The van der Waals surface area contributed by atoms with Gasteiger partial charge in [0.15, 0.2) is 0 Å². The van der Waals surface area contributed by atoms with Gasteiger partial charge in [0.2, 0.25) is 0 Å². The Morgan fingerprint density at radius 3 is 2.04 bits per heavy atom. The van der Waals surface area contributed by atoms with Gasteiger partial charge in [0.25, 0.3) is 0 Å². The molecule has 0 atom stereocenters. The van der Waals surface area contributed by atoms with E-state index in [0.29, 0.717) is 5.41 Å². The molecule has 24 heavy (non-hydrogen) atoms. The highest BCUT2D eigenvalue weighted by Crippen LogP contribution is 2.52. The van der Waals surface area contributed by atoms with Crippen molar-refractivity contribution < 1.29 is 0 Å². The van der Waals surface area contributed by atoms with Crippen molar-refractivity contribution >= 4 is 0 Å². The Bertz CT molecular complexity index is 432. The molecule has 3 saturated heterocycles. The first-order valence-electron chi connectivity index (χ1n) is 10.6. The van der Waals surface area contributed by atoms with Crippen LogP contribution in [0.5, 0.6) is 0 Å². The highest BCUT2D eigenvalue weighted by molar-refractivity contribution is 5.05. The molecule has 4 fully saturated rings. The van der Waals surface area contributed by atoms with Crippen LogP contribution < -0.4 is 0 Å². The van der Waals surface area contributed by atoms with Crippen molar-refractivity contribution in [2.75, 3.05) is 45.8 Å². The van der Waals surface area contributed by atoms with Gasteiger partial charge in [-0.1, -0.05) is 13.8 Å². The van der Waals surface area contributed by atoms with E-state index in [-0.39, 0.29) is 0 Å². The molecule has 3 aliphatic heterocycles. The van der Waals surface area contributed by atoms with E-state index in [1.807, 2.05) is 0 Å². The Hall–Kier alpha value is -0.120. The van der Waals surface area contributed by atoms with E-state index >= 15 is 0 Å². The van der Waals surface area contributed by atoms with Crippen LogP contribution in [0, 0.1) is 16.7 Å². The third kappa shape index (κ3) is 3.41. The van der Waals surface area contributed by atoms with E-state index in [1.54, 1.807) is 0 Å².